The van der Waals surface area contributed by atoms with E-state index in [-0.39, 0.29) is 17.6 Å². The van der Waals surface area contributed by atoms with Crippen LogP contribution in [0.3, 0.4) is 0 Å². The molecule has 0 radical (unpaired) electrons. The number of hydrogen-bond acceptors (Lipinski definition) is 3. The van der Waals surface area contributed by atoms with E-state index in [9.17, 15) is 9.90 Å². The lowest BCUT2D eigenvalue weighted by atomic mass is 9.52. The second-order valence-corrected chi connectivity index (χ2v) is 7.23. The monoisotopic (exact) mass is 315 g/mol. The number of rotatable bonds is 1. The van der Waals surface area contributed by atoms with Crippen LogP contribution in [0.1, 0.15) is 50.2 Å². The lowest BCUT2D eigenvalue weighted by Crippen LogP contribution is -2.62. The van der Waals surface area contributed by atoms with Crippen molar-refractivity contribution in [1.29, 1.82) is 0 Å². The molecule has 2 bridgehead atoms. The molecule has 1 heterocycles. The fourth-order valence-corrected chi connectivity index (χ4v) is 5.46. The Hall–Kier alpha value is -1.71. The van der Waals surface area contributed by atoms with Crippen LogP contribution in [-0.2, 0) is 16.6 Å². The van der Waals surface area contributed by atoms with Crippen molar-refractivity contribution >= 4 is 6.09 Å². The number of likely N-dealkylation sites (tertiary alicyclic amines) is 1. The molecular weight excluding hydrogens is 290 g/mol. The van der Waals surface area contributed by atoms with E-state index < -0.39 is 0 Å². The van der Waals surface area contributed by atoms with Gasteiger partial charge in [0.05, 0.1) is 6.61 Å². The minimum atomic E-state index is -0.185. The molecule has 0 aromatic heterocycles. The molecule has 1 saturated carbocycles. The molecule has 0 spiro atoms. The molecule has 2 fully saturated rings. The Labute approximate surface area is 137 Å². The van der Waals surface area contributed by atoms with Crippen LogP contribution in [0.5, 0.6) is 5.75 Å². The van der Waals surface area contributed by atoms with Gasteiger partial charge in [0.2, 0.25) is 0 Å². The summed E-state index contributed by atoms with van der Waals surface area (Å²) in [5.74, 6) is 0.894. The third-order valence-corrected chi connectivity index (χ3v) is 6.36. The zero-order valence-corrected chi connectivity index (χ0v) is 13.8. The zero-order valence-electron chi connectivity index (χ0n) is 13.8. The number of phenols is 1. The van der Waals surface area contributed by atoms with Gasteiger partial charge in [-0.2, -0.15) is 0 Å². The zero-order chi connectivity index (χ0) is 16.0. The van der Waals surface area contributed by atoms with Crippen LogP contribution in [0, 0.1) is 5.92 Å². The summed E-state index contributed by atoms with van der Waals surface area (Å²) in [6.45, 7) is 3.05. The Morgan fingerprint density at radius 3 is 3.09 bits per heavy atom. The number of benzene rings is 1. The van der Waals surface area contributed by atoms with E-state index >= 15 is 0 Å². The molecule has 23 heavy (non-hydrogen) atoms. The standard InChI is InChI=1S/C19H25NO3/c1-2-23-18(22)20-11-10-19-9-4-3-6-15(19)16(20)12-13-14(19)7-5-8-17(13)21/h5,7-8,15-16,21H,2-4,6,9-12H2,1H3/t15-,16+,19-/m0/s1. The van der Waals surface area contributed by atoms with Gasteiger partial charge in [-0.3, -0.25) is 0 Å². The summed E-state index contributed by atoms with van der Waals surface area (Å²) in [6, 6.07) is 6.14. The number of amides is 1. The van der Waals surface area contributed by atoms with Crippen LogP contribution in [0.15, 0.2) is 18.2 Å². The molecule has 3 aliphatic rings. The number of fused-ring (bicyclic) bond motifs is 1. The minimum Gasteiger partial charge on any atom is -0.508 e. The summed E-state index contributed by atoms with van der Waals surface area (Å²) in [4.78, 5) is 14.3. The Kier molecular flexibility index (Phi) is 3.51. The summed E-state index contributed by atoms with van der Waals surface area (Å²) >= 11 is 0. The molecule has 4 heteroatoms. The minimum absolute atomic E-state index is 0.151. The van der Waals surface area contributed by atoms with Crippen LogP contribution in [0.2, 0.25) is 0 Å². The van der Waals surface area contributed by atoms with Gasteiger partial charge in [0.15, 0.2) is 0 Å². The summed E-state index contributed by atoms with van der Waals surface area (Å²) in [5, 5.41) is 10.4. The van der Waals surface area contributed by atoms with Gasteiger partial charge >= 0.3 is 6.09 Å². The first-order valence-corrected chi connectivity index (χ1v) is 8.92. The highest BCUT2D eigenvalue weighted by Gasteiger charge is 2.55. The van der Waals surface area contributed by atoms with E-state index in [1.54, 1.807) is 6.07 Å². The smallest absolute Gasteiger partial charge is 0.410 e. The number of nitrogens with zero attached hydrogens (tertiary/aromatic N) is 1. The molecule has 1 aromatic carbocycles. The highest BCUT2D eigenvalue weighted by atomic mass is 16.6. The largest absolute Gasteiger partial charge is 0.508 e. The average Bonchev–Trinajstić information content (AvgIpc) is 2.56. The van der Waals surface area contributed by atoms with Crippen molar-refractivity contribution < 1.29 is 14.6 Å². The van der Waals surface area contributed by atoms with E-state index in [1.807, 2.05) is 17.9 Å². The predicted octanol–water partition coefficient (Wildman–Crippen LogP) is 3.61. The first-order valence-electron chi connectivity index (χ1n) is 8.92. The van der Waals surface area contributed by atoms with E-state index in [4.69, 9.17) is 4.74 Å². The highest BCUT2D eigenvalue weighted by molar-refractivity contribution is 5.69. The van der Waals surface area contributed by atoms with E-state index in [0.717, 1.165) is 24.9 Å². The Morgan fingerprint density at radius 1 is 1.39 bits per heavy atom. The second-order valence-electron chi connectivity index (χ2n) is 7.23. The van der Waals surface area contributed by atoms with Crippen molar-refractivity contribution in [3.63, 3.8) is 0 Å². The summed E-state index contributed by atoms with van der Waals surface area (Å²) in [7, 11) is 0. The van der Waals surface area contributed by atoms with Gasteiger partial charge < -0.3 is 14.7 Å². The third kappa shape index (κ3) is 2.07. The Morgan fingerprint density at radius 2 is 2.26 bits per heavy atom. The molecule has 4 nitrogen and oxygen atoms in total. The molecule has 3 atom stereocenters. The highest BCUT2D eigenvalue weighted by Crippen LogP contribution is 2.56. The molecule has 1 aromatic rings. The fraction of sp³-hybridized carbons (Fsp3) is 0.632. The molecule has 2 aliphatic carbocycles. The van der Waals surface area contributed by atoms with Gasteiger partial charge in [0.25, 0.3) is 0 Å². The Bertz CT molecular complexity index is 629. The molecule has 1 aliphatic heterocycles. The number of ether oxygens (including phenoxy) is 1. The van der Waals surface area contributed by atoms with Gasteiger partial charge in [0, 0.05) is 18.0 Å². The average molecular weight is 315 g/mol. The van der Waals surface area contributed by atoms with Crippen LogP contribution in [0.4, 0.5) is 4.79 Å². The van der Waals surface area contributed by atoms with Crippen LogP contribution in [-0.4, -0.2) is 35.3 Å². The van der Waals surface area contributed by atoms with Crippen molar-refractivity contribution in [2.45, 2.75) is 56.9 Å². The first kappa shape index (κ1) is 14.9. The predicted molar refractivity (Wildman–Crippen MR) is 87.6 cm³/mol. The molecular formula is C19H25NO3. The quantitative estimate of drug-likeness (QED) is 0.861. The maximum atomic E-state index is 12.4. The topological polar surface area (TPSA) is 49.8 Å². The van der Waals surface area contributed by atoms with Gasteiger partial charge in [-0.25, -0.2) is 4.79 Å². The van der Waals surface area contributed by atoms with E-state index in [1.165, 1.54) is 31.2 Å². The van der Waals surface area contributed by atoms with Gasteiger partial charge in [0.1, 0.15) is 5.75 Å². The van der Waals surface area contributed by atoms with Gasteiger partial charge in [-0.15, -0.1) is 0 Å². The molecule has 124 valence electrons. The maximum Gasteiger partial charge on any atom is 0.410 e. The lowest BCUT2D eigenvalue weighted by molar-refractivity contribution is -0.0113. The van der Waals surface area contributed by atoms with E-state index in [0.29, 0.717) is 18.3 Å². The van der Waals surface area contributed by atoms with Crippen molar-refractivity contribution in [2.75, 3.05) is 13.2 Å². The molecule has 1 amide bonds. The van der Waals surface area contributed by atoms with Gasteiger partial charge in [-0.05, 0) is 55.7 Å². The van der Waals surface area contributed by atoms with Crippen LogP contribution < -0.4 is 0 Å². The molecule has 4 rings (SSSR count). The number of aromatic hydroxyl groups is 1. The maximum absolute atomic E-state index is 12.4. The number of piperidine rings is 1. The second kappa shape index (κ2) is 5.43. The normalized spacial score (nSPS) is 32.0. The van der Waals surface area contributed by atoms with E-state index in [2.05, 4.69) is 6.07 Å². The fourth-order valence-electron chi connectivity index (χ4n) is 5.46. The Balaban J connectivity index is 1.80. The van der Waals surface area contributed by atoms with Crippen LogP contribution in [0.25, 0.3) is 0 Å². The van der Waals surface area contributed by atoms with Crippen molar-refractivity contribution in [3.8, 4) is 5.75 Å². The SMILES string of the molecule is CCOC(=O)N1CC[C@]23CCCC[C@H]2[C@H]1Cc1c(O)cccc13. The molecule has 1 saturated heterocycles. The van der Waals surface area contributed by atoms with Crippen LogP contribution >= 0.6 is 0 Å². The number of hydrogen-bond donors (Lipinski definition) is 1. The third-order valence-electron chi connectivity index (χ3n) is 6.36. The molecule has 1 N–H and O–H groups in total. The first-order chi connectivity index (χ1) is 11.2. The van der Waals surface area contributed by atoms with Crippen molar-refractivity contribution in [1.82, 2.24) is 4.90 Å². The molecule has 0 unspecified atom stereocenters. The summed E-state index contributed by atoms with van der Waals surface area (Å²) < 4.78 is 5.29. The van der Waals surface area contributed by atoms with Gasteiger partial charge in [-0.1, -0.05) is 25.0 Å². The lowest BCUT2D eigenvalue weighted by Gasteiger charge is -2.58. The number of carbonyl (C=O) groups is 1. The summed E-state index contributed by atoms with van der Waals surface area (Å²) in [5.41, 5.74) is 2.56. The number of carbonyl (C=O) groups excluding carboxylic acids is 1. The summed E-state index contributed by atoms with van der Waals surface area (Å²) in [6.07, 6.45) is 6.41. The van der Waals surface area contributed by atoms with Crippen molar-refractivity contribution in [2.24, 2.45) is 5.92 Å². The van der Waals surface area contributed by atoms with Crippen molar-refractivity contribution in [3.05, 3.63) is 29.3 Å². The number of phenolic OH excluding ortho intramolecular Hbond substituents is 1.